The van der Waals surface area contributed by atoms with Crippen LogP contribution in [0.1, 0.15) is 30.1 Å². The SMILES string of the molecule is CCOCCCCNC(=NC)NCCNC(=O)c1cccnc1. The Bertz CT molecular complexity index is 465. The van der Waals surface area contributed by atoms with E-state index in [9.17, 15) is 4.79 Å². The molecule has 1 rings (SSSR count). The van der Waals surface area contributed by atoms with Crippen molar-refractivity contribution in [2.24, 2.45) is 4.99 Å². The van der Waals surface area contributed by atoms with Gasteiger partial charge in [-0.25, -0.2) is 0 Å². The number of hydrogen-bond donors (Lipinski definition) is 3. The van der Waals surface area contributed by atoms with Crippen molar-refractivity contribution in [3.63, 3.8) is 0 Å². The number of nitrogens with one attached hydrogen (secondary N) is 3. The molecule has 23 heavy (non-hydrogen) atoms. The van der Waals surface area contributed by atoms with Crippen molar-refractivity contribution in [2.45, 2.75) is 19.8 Å². The zero-order valence-electron chi connectivity index (χ0n) is 14.0. The van der Waals surface area contributed by atoms with Crippen molar-refractivity contribution in [2.75, 3.05) is 39.9 Å². The molecule has 0 unspecified atom stereocenters. The van der Waals surface area contributed by atoms with Gasteiger partial charge < -0.3 is 20.7 Å². The molecule has 1 aromatic rings. The highest BCUT2D eigenvalue weighted by Crippen LogP contribution is 1.94. The lowest BCUT2D eigenvalue weighted by Crippen LogP contribution is -2.41. The molecule has 0 fully saturated rings. The van der Waals surface area contributed by atoms with Crippen LogP contribution in [0.25, 0.3) is 0 Å². The molecular weight excluding hydrogens is 294 g/mol. The van der Waals surface area contributed by atoms with Crippen LogP contribution in [-0.4, -0.2) is 56.7 Å². The van der Waals surface area contributed by atoms with Gasteiger partial charge in [-0.1, -0.05) is 0 Å². The second kappa shape index (κ2) is 12.4. The van der Waals surface area contributed by atoms with E-state index in [2.05, 4.69) is 25.9 Å². The van der Waals surface area contributed by atoms with E-state index >= 15 is 0 Å². The first-order chi connectivity index (χ1) is 11.3. The largest absolute Gasteiger partial charge is 0.382 e. The molecule has 128 valence electrons. The molecule has 0 saturated heterocycles. The van der Waals surface area contributed by atoms with E-state index in [1.807, 2.05) is 6.92 Å². The van der Waals surface area contributed by atoms with E-state index in [4.69, 9.17) is 4.74 Å². The summed E-state index contributed by atoms with van der Waals surface area (Å²) in [6.45, 7) is 5.52. The minimum Gasteiger partial charge on any atom is -0.382 e. The van der Waals surface area contributed by atoms with Crippen molar-refractivity contribution in [1.29, 1.82) is 0 Å². The average Bonchev–Trinajstić information content (AvgIpc) is 2.60. The molecule has 1 heterocycles. The van der Waals surface area contributed by atoms with Crippen molar-refractivity contribution < 1.29 is 9.53 Å². The first kappa shape index (κ1) is 18.9. The molecule has 0 spiro atoms. The lowest BCUT2D eigenvalue weighted by atomic mass is 10.3. The van der Waals surface area contributed by atoms with Crippen LogP contribution in [0.3, 0.4) is 0 Å². The number of carbonyl (C=O) groups excluding carboxylic acids is 1. The molecule has 0 aliphatic rings. The highest BCUT2D eigenvalue weighted by Gasteiger charge is 2.03. The van der Waals surface area contributed by atoms with Gasteiger partial charge in [0.1, 0.15) is 0 Å². The normalized spacial score (nSPS) is 11.1. The van der Waals surface area contributed by atoms with Crippen molar-refractivity contribution in [3.05, 3.63) is 30.1 Å². The number of hydrogen-bond acceptors (Lipinski definition) is 4. The Morgan fingerprint density at radius 3 is 2.70 bits per heavy atom. The second-order valence-corrected chi connectivity index (χ2v) is 4.83. The highest BCUT2D eigenvalue weighted by molar-refractivity contribution is 5.93. The van der Waals surface area contributed by atoms with E-state index in [1.54, 1.807) is 31.6 Å². The van der Waals surface area contributed by atoms with E-state index < -0.39 is 0 Å². The fraction of sp³-hybridized carbons (Fsp3) is 0.562. The lowest BCUT2D eigenvalue weighted by Gasteiger charge is -2.12. The van der Waals surface area contributed by atoms with E-state index in [1.165, 1.54) is 0 Å². The Balaban J connectivity index is 2.09. The third-order valence-electron chi connectivity index (χ3n) is 3.06. The van der Waals surface area contributed by atoms with Crippen LogP contribution >= 0.6 is 0 Å². The number of pyridine rings is 1. The number of carbonyl (C=O) groups is 1. The molecule has 7 nitrogen and oxygen atoms in total. The van der Waals surface area contributed by atoms with Gasteiger partial charge in [0.25, 0.3) is 5.91 Å². The number of unbranched alkanes of at least 4 members (excludes halogenated alkanes) is 1. The van der Waals surface area contributed by atoms with Gasteiger partial charge in [-0.3, -0.25) is 14.8 Å². The fourth-order valence-corrected chi connectivity index (χ4v) is 1.86. The smallest absolute Gasteiger partial charge is 0.252 e. The van der Waals surface area contributed by atoms with Crippen molar-refractivity contribution >= 4 is 11.9 Å². The molecular formula is C16H27N5O2. The second-order valence-electron chi connectivity index (χ2n) is 4.83. The third kappa shape index (κ3) is 8.77. The average molecular weight is 321 g/mol. The number of nitrogens with zero attached hydrogens (tertiary/aromatic N) is 2. The molecule has 0 aliphatic heterocycles. The summed E-state index contributed by atoms with van der Waals surface area (Å²) < 4.78 is 5.29. The quantitative estimate of drug-likeness (QED) is 0.337. The van der Waals surface area contributed by atoms with Crippen LogP contribution in [0.5, 0.6) is 0 Å². The minimum absolute atomic E-state index is 0.126. The van der Waals surface area contributed by atoms with Crippen LogP contribution in [0.2, 0.25) is 0 Å². The molecule has 7 heteroatoms. The first-order valence-electron chi connectivity index (χ1n) is 7.98. The van der Waals surface area contributed by atoms with Gasteiger partial charge in [0, 0.05) is 52.3 Å². The Morgan fingerprint density at radius 2 is 2.00 bits per heavy atom. The zero-order valence-corrected chi connectivity index (χ0v) is 14.0. The van der Waals surface area contributed by atoms with Gasteiger partial charge in [-0.05, 0) is 31.9 Å². The van der Waals surface area contributed by atoms with E-state index in [-0.39, 0.29) is 5.91 Å². The standard InChI is InChI=1S/C16H27N5O2/c1-3-23-12-5-4-9-20-16(17-2)21-11-10-19-15(22)14-7-6-8-18-13-14/h6-8,13H,3-5,9-12H2,1-2H3,(H,19,22)(H2,17,20,21). The third-order valence-corrected chi connectivity index (χ3v) is 3.06. The molecule has 0 aromatic carbocycles. The van der Waals surface area contributed by atoms with Crippen molar-refractivity contribution in [1.82, 2.24) is 20.9 Å². The van der Waals surface area contributed by atoms with Gasteiger partial charge >= 0.3 is 0 Å². The maximum Gasteiger partial charge on any atom is 0.252 e. The summed E-state index contributed by atoms with van der Waals surface area (Å²) in [6.07, 6.45) is 5.24. The van der Waals surface area contributed by atoms with Crippen LogP contribution in [0.4, 0.5) is 0 Å². The summed E-state index contributed by atoms with van der Waals surface area (Å²) >= 11 is 0. The minimum atomic E-state index is -0.126. The maximum atomic E-state index is 11.8. The van der Waals surface area contributed by atoms with Crippen molar-refractivity contribution in [3.8, 4) is 0 Å². The molecule has 0 radical (unpaired) electrons. The van der Waals surface area contributed by atoms with E-state index in [0.29, 0.717) is 18.7 Å². The van der Waals surface area contributed by atoms with Gasteiger partial charge in [-0.15, -0.1) is 0 Å². The van der Waals surface area contributed by atoms with Gasteiger partial charge in [0.2, 0.25) is 0 Å². The molecule has 0 bridgehead atoms. The Kier molecular flexibility index (Phi) is 10.2. The number of aromatic nitrogens is 1. The van der Waals surface area contributed by atoms with Crippen LogP contribution in [0.15, 0.2) is 29.5 Å². The van der Waals surface area contributed by atoms with Gasteiger partial charge in [-0.2, -0.15) is 0 Å². The highest BCUT2D eigenvalue weighted by atomic mass is 16.5. The lowest BCUT2D eigenvalue weighted by molar-refractivity contribution is 0.0954. The number of rotatable bonds is 10. The van der Waals surface area contributed by atoms with Crippen LogP contribution in [0, 0.1) is 0 Å². The molecule has 0 aliphatic carbocycles. The molecule has 3 N–H and O–H groups in total. The number of ether oxygens (including phenoxy) is 1. The molecule has 1 amide bonds. The Hall–Kier alpha value is -2.15. The predicted octanol–water partition coefficient (Wildman–Crippen LogP) is 0.793. The topological polar surface area (TPSA) is 87.6 Å². The summed E-state index contributed by atoms with van der Waals surface area (Å²) in [6, 6.07) is 3.48. The number of aliphatic imine (C=N–C) groups is 1. The summed E-state index contributed by atoms with van der Waals surface area (Å²) in [7, 11) is 1.73. The Morgan fingerprint density at radius 1 is 1.22 bits per heavy atom. The number of amides is 1. The van der Waals surface area contributed by atoms with Crippen LogP contribution in [-0.2, 0) is 4.74 Å². The first-order valence-corrected chi connectivity index (χ1v) is 7.98. The van der Waals surface area contributed by atoms with Gasteiger partial charge in [0.15, 0.2) is 5.96 Å². The zero-order chi connectivity index (χ0) is 16.8. The Labute approximate surface area is 137 Å². The molecule has 1 aromatic heterocycles. The van der Waals surface area contributed by atoms with Gasteiger partial charge in [0.05, 0.1) is 5.56 Å². The molecule has 0 saturated carbocycles. The monoisotopic (exact) mass is 321 g/mol. The summed E-state index contributed by atoms with van der Waals surface area (Å²) in [5.41, 5.74) is 0.560. The summed E-state index contributed by atoms with van der Waals surface area (Å²) in [4.78, 5) is 19.9. The number of guanidine groups is 1. The predicted molar refractivity (Wildman–Crippen MR) is 91.7 cm³/mol. The fourth-order valence-electron chi connectivity index (χ4n) is 1.86. The summed E-state index contributed by atoms with van der Waals surface area (Å²) in [5, 5.41) is 9.21. The van der Waals surface area contributed by atoms with E-state index in [0.717, 1.165) is 38.6 Å². The molecule has 0 atom stereocenters. The maximum absolute atomic E-state index is 11.8. The van der Waals surface area contributed by atoms with Crippen LogP contribution < -0.4 is 16.0 Å². The summed E-state index contributed by atoms with van der Waals surface area (Å²) in [5.74, 6) is 0.607.